The second-order valence-corrected chi connectivity index (χ2v) is 5.22. The van der Waals surface area contributed by atoms with E-state index in [9.17, 15) is 10.1 Å². The van der Waals surface area contributed by atoms with Crippen molar-refractivity contribution >= 4 is 17.3 Å². The standard InChI is InChI=1S/C14H14ClN3O3/c1-8(2)10-5-4-9(3)11(6-10)21-14-12(18(19)20)13(15)16-7-17-14/h4-8H,1-3H3. The van der Waals surface area contributed by atoms with E-state index in [2.05, 4.69) is 23.8 Å². The zero-order valence-electron chi connectivity index (χ0n) is 11.8. The van der Waals surface area contributed by atoms with Crippen LogP contribution < -0.4 is 4.74 Å². The molecule has 0 N–H and O–H groups in total. The number of rotatable bonds is 4. The Hall–Kier alpha value is -2.21. The lowest BCUT2D eigenvalue weighted by Gasteiger charge is -2.12. The van der Waals surface area contributed by atoms with Crippen molar-refractivity contribution in [2.24, 2.45) is 0 Å². The molecule has 0 unspecified atom stereocenters. The maximum absolute atomic E-state index is 11.1. The minimum absolute atomic E-state index is 0.163. The monoisotopic (exact) mass is 307 g/mol. The van der Waals surface area contributed by atoms with Gasteiger partial charge in [0.25, 0.3) is 0 Å². The fourth-order valence-electron chi connectivity index (χ4n) is 1.76. The predicted octanol–water partition coefficient (Wildman–Crippen LogP) is 4.26. The number of benzene rings is 1. The average Bonchev–Trinajstić information content (AvgIpc) is 2.40. The maximum Gasteiger partial charge on any atom is 0.368 e. The first-order valence-corrected chi connectivity index (χ1v) is 6.71. The Labute approximate surface area is 126 Å². The number of aromatic nitrogens is 2. The molecule has 0 spiro atoms. The Morgan fingerprint density at radius 1 is 1.33 bits per heavy atom. The van der Waals surface area contributed by atoms with Gasteiger partial charge in [-0.1, -0.05) is 37.6 Å². The summed E-state index contributed by atoms with van der Waals surface area (Å²) in [6.45, 7) is 5.96. The van der Waals surface area contributed by atoms with Crippen molar-refractivity contribution in [2.75, 3.05) is 0 Å². The van der Waals surface area contributed by atoms with Crippen LogP contribution in [0.5, 0.6) is 11.6 Å². The number of nitro groups is 1. The lowest BCUT2D eigenvalue weighted by atomic mass is 10.0. The first-order valence-electron chi connectivity index (χ1n) is 6.33. The zero-order chi connectivity index (χ0) is 15.6. The van der Waals surface area contributed by atoms with Crippen LogP contribution in [0, 0.1) is 17.0 Å². The molecule has 21 heavy (non-hydrogen) atoms. The summed E-state index contributed by atoms with van der Waals surface area (Å²) < 4.78 is 5.60. The third-order valence-corrected chi connectivity index (χ3v) is 3.29. The topological polar surface area (TPSA) is 78.2 Å². The fraction of sp³-hybridized carbons (Fsp3) is 0.286. The molecule has 0 radical (unpaired) electrons. The second-order valence-electron chi connectivity index (χ2n) is 4.86. The van der Waals surface area contributed by atoms with Crippen LogP contribution in [-0.4, -0.2) is 14.9 Å². The largest absolute Gasteiger partial charge is 0.433 e. The van der Waals surface area contributed by atoms with E-state index in [4.69, 9.17) is 16.3 Å². The molecule has 1 aromatic carbocycles. The Bertz CT molecular complexity index is 689. The average molecular weight is 308 g/mol. The van der Waals surface area contributed by atoms with Crippen LogP contribution in [0.25, 0.3) is 0 Å². The van der Waals surface area contributed by atoms with Crippen LogP contribution in [0.1, 0.15) is 30.9 Å². The number of nitrogens with zero attached hydrogens (tertiary/aromatic N) is 3. The summed E-state index contributed by atoms with van der Waals surface area (Å²) in [6, 6.07) is 5.74. The van der Waals surface area contributed by atoms with Gasteiger partial charge in [0.2, 0.25) is 5.15 Å². The smallest absolute Gasteiger partial charge is 0.368 e. The van der Waals surface area contributed by atoms with Gasteiger partial charge in [0.1, 0.15) is 12.1 Å². The van der Waals surface area contributed by atoms with Gasteiger partial charge in [0.05, 0.1) is 4.92 Å². The van der Waals surface area contributed by atoms with E-state index in [1.165, 1.54) is 0 Å². The van der Waals surface area contributed by atoms with E-state index >= 15 is 0 Å². The van der Waals surface area contributed by atoms with Crippen LogP contribution in [0.15, 0.2) is 24.5 Å². The second kappa shape index (κ2) is 6.05. The molecule has 2 rings (SSSR count). The van der Waals surface area contributed by atoms with Gasteiger partial charge < -0.3 is 4.74 Å². The maximum atomic E-state index is 11.1. The molecule has 0 saturated heterocycles. The van der Waals surface area contributed by atoms with Gasteiger partial charge in [-0.05, 0) is 30.0 Å². The van der Waals surface area contributed by atoms with Gasteiger partial charge in [-0.2, -0.15) is 4.98 Å². The van der Waals surface area contributed by atoms with Crippen molar-refractivity contribution in [3.8, 4) is 11.6 Å². The van der Waals surface area contributed by atoms with Crippen molar-refractivity contribution < 1.29 is 9.66 Å². The van der Waals surface area contributed by atoms with E-state index in [0.29, 0.717) is 11.7 Å². The van der Waals surface area contributed by atoms with Gasteiger partial charge in [-0.15, -0.1) is 0 Å². The Balaban J connectivity index is 2.46. The van der Waals surface area contributed by atoms with E-state index in [0.717, 1.165) is 17.5 Å². The minimum atomic E-state index is -0.653. The molecule has 0 aliphatic heterocycles. The van der Waals surface area contributed by atoms with Crippen LogP contribution in [-0.2, 0) is 0 Å². The third-order valence-electron chi connectivity index (χ3n) is 3.01. The predicted molar refractivity (Wildman–Crippen MR) is 79.0 cm³/mol. The molecular formula is C14H14ClN3O3. The van der Waals surface area contributed by atoms with Gasteiger partial charge in [-0.3, -0.25) is 10.1 Å². The van der Waals surface area contributed by atoms with Gasteiger partial charge in [-0.25, -0.2) is 4.98 Å². The Kier molecular flexibility index (Phi) is 4.37. The van der Waals surface area contributed by atoms with Crippen LogP contribution >= 0.6 is 11.6 Å². The summed E-state index contributed by atoms with van der Waals surface area (Å²) >= 11 is 5.74. The number of aryl methyl sites for hydroxylation is 1. The highest BCUT2D eigenvalue weighted by atomic mass is 35.5. The molecule has 0 aliphatic rings. The molecule has 7 heteroatoms. The van der Waals surface area contributed by atoms with Crippen molar-refractivity contribution in [3.63, 3.8) is 0 Å². The normalized spacial score (nSPS) is 10.7. The van der Waals surface area contributed by atoms with Gasteiger partial charge >= 0.3 is 11.6 Å². The van der Waals surface area contributed by atoms with Crippen molar-refractivity contribution in [2.45, 2.75) is 26.7 Å². The van der Waals surface area contributed by atoms with Crippen LogP contribution in [0.4, 0.5) is 5.69 Å². The summed E-state index contributed by atoms with van der Waals surface area (Å²) in [4.78, 5) is 17.8. The highest BCUT2D eigenvalue weighted by molar-refractivity contribution is 6.31. The van der Waals surface area contributed by atoms with E-state index in [1.807, 2.05) is 25.1 Å². The summed E-state index contributed by atoms with van der Waals surface area (Å²) in [7, 11) is 0. The van der Waals surface area contributed by atoms with Crippen molar-refractivity contribution in [1.29, 1.82) is 0 Å². The highest BCUT2D eigenvalue weighted by Gasteiger charge is 2.24. The molecule has 0 aliphatic carbocycles. The summed E-state index contributed by atoms with van der Waals surface area (Å²) in [5.41, 5.74) is 1.48. The number of hydrogen-bond acceptors (Lipinski definition) is 5. The molecule has 1 aromatic heterocycles. The Morgan fingerprint density at radius 3 is 2.67 bits per heavy atom. The van der Waals surface area contributed by atoms with E-state index in [-0.39, 0.29) is 11.0 Å². The molecule has 0 amide bonds. The Morgan fingerprint density at radius 2 is 2.05 bits per heavy atom. The van der Waals surface area contributed by atoms with Crippen LogP contribution in [0.2, 0.25) is 5.15 Å². The molecule has 2 aromatic rings. The highest BCUT2D eigenvalue weighted by Crippen LogP contribution is 2.35. The first kappa shape index (κ1) is 15.2. The lowest BCUT2D eigenvalue weighted by molar-refractivity contribution is -0.386. The zero-order valence-corrected chi connectivity index (χ0v) is 12.6. The first-order chi connectivity index (χ1) is 9.90. The molecular weight excluding hydrogens is 294 g/mol. The quantitative estimate of drug-likeness (QED) is 0.479. The molecule has 0 fully saturated rings. The summed E-state index contributed by atoms with van der Waals surface area (Å²) in [6.07, 6.45) is 1.13. The molecule has 0 bridgehead atoms. The van der Waals surface area contributed by atoms with Crippen molar-refractivity contribution in [1.82, 2.24) is 9.97 Å². The molecule has 0 saturated carbocycles. The SMILES string of the molecule is Cc1ccc(C(C)C)cc1Oc1ncnc(Cl)c1[N+](=O)[O-]. The fourth-order valence-corrected chi connectivity index (χ4v) is 1.95. The third kappa shape index (κ3) is 3.28. The molecule has 1 heterocycles. The van der Waals surface area contributed by atoms with Crippen molar-refractivity contribution in [3.05, 3.63) is 50.9 Å². The number of hydrogen-bond donors (Lipinski definition) is 0. The molecule has 0 atom stereocenters. The van der Waals surface area contributed by atoms with E-state index < -0.39 is 10.6 Å². The molecule has 110 valence electrons. The van der Waals surface area contributed by atoms with Crippen LogP contribution in [0.3, 0.4) is 0 Å². The van der Waals surface area contributed by atoms with Gasteiger partial charge in [0.15, 0.2) is 0 Å². The molecule has 6 nitrogen and oxygen atoms in total. The minimum Gasteiger partial charge on any atom is -0.433 e. The lowest BCUT2D eigenvalue weighted by Crippen LogP contribution is -2.00. The number of halogens is 1. The summed E-state index contributed by atoms with van der Waals surface area (Å²) in [5, 5.41) is 10.8. The summed E-state index contributed by atoms with van der Waals surface area (Å²) in [5.74, 6) is 0.667. The number of ether oxygens (including phenoxy) is 1. The van der Waals surface area contributed by atoms with Gasteiger partial charge in [0, 0.05) is 0 Å². The van der Waals surface area contributed by atoms with E-state index in [1.54, 1.807) is 0 Å².